The van der Waals surface area contributed by atoms with Gasteiger partial charge in [0.1, 0.15) is 5.82 Å². The predicted molar refractivity (Wildman–Crippen MR) is 102 cm³/mol. The van der Waals surface area contributed by atoms with Crippen LogP contribution in [0.5, 0.6) is 0 Å². The van der Waals surface area contributed by atoms with Crippen molar-refractivity contribution in [2.45, 2.75) is 6.42 Å². The Kier molecular flexibility index (Phi) is 5.32. The van der Waals surface area contributed by atoms with Gasteiger partial charge < -0.3 is 26.5 Å². The van der Waals surface area contributed by atoms with Gasteiger partial charge >= 0.3 is 5.97 Å². The third-order valence-electron chi connectivity index (χ3n) is 3.43. The Morgan fingerprint density at radius 3 is 2.88 bits per heavy atom. The van der Waals surface area contributed by atoms with Crippen LogP contribution in [0.2, 0.25) is 0 Å². The predicted octanol–water partition coefficient (Wildman–Crippen LogP) is 2.64. The number of aromatic amines is 1. The number of halogens is 1. The number of carboxylic acid groups (broad SMARTS) is 1. The van der Waals surface area contributed by atoms with Crippen LogP contribution >= 0.6 is 15.9 Å². The maximum absolute atomic E-state index is 11.1. The van der Waals surface area contributed by atoms with Gasteiger partial charge in [-0.2, -0.15) is 4.98 Å². The van der Waals surface area contributed by atoms with Crippen molar-refractivity contribution >= 4 is 45.0 Å². The molecule has 0 aliphatic carbocycles. The molecule has 0 spiro atoms. The minimum absolute atomic E-state index is 0.0852. The highest BCUT2D eigenvalue weighted by molar-refractivity contribution is 9.10. The molecule has 9 nitrogen and oxygen atoms in total. The zero-order valence-electron chi connectivity index (χ0n) is 13.5. The molecular weight excluding hydrogens is 402 g/mol. The number of carboxylic acids is 1. The number of anilines is 4. The molecule has 0 radical (unpaired) electrons. The normalized spacial score (nSPS) is 10.5. The van der Waals surface area contributed by atoms with Crippen LogP contribution in [-0.4, -0.2) is 37.6 Å². The van der Waals surface area contributed by atoms with Gasteiger partial charge in [0, 0.05) is 36.7 Å². The second kappa shape index (κ2) is 7.83. The molecule has 0 saturated heterocycles. The summed E-state index contributed by atoms with van der Waals surface area (Å²) in [6, 6.07) is 4.47. The number of carbonyl (C=O) groups is 1. The highest BCUT2D eigenvalue weighted by Gasteiger charge is 2.09. The summed E-state index contributed by atoms with van der Waals surface area (Å²) in [5.74, 6) is -0.129. The Morgan fingerprint density at radius 1 is 1.31 bits per heavy atom. The van der Waals surface area contributed by atoms with Crippen molar-refractivity contribution in [3.05, 3.63) is 52.7 Å². The van der Waals surface area contributed by atoms with Gasteiger partial charge in [-0.05, 0) is 34.1 Å². The van der Waals surface area contributed by atoms with Crippen LogP contribution in [0.1, 0.15) is 16.1 Å². The number of aromatic carboxylic acids is 1. The molecule has 0 saturated carbocycles. The third kappa shape index (κ3) is 4.48. The summed E-state index contributed by atoms with van der Waals surface area (Å²) in [4.78, 5) is 26.8. The lowest BCUT2D eigenvalue weighted by Crippen LogP contribution is -2.09. The number of nitrogen functional groups attached to an aromatic ring is 1. The summed E-state index contributed by atoms with van der Waals surface area (Å²) in [7, 11) is 0. The first-order valence-corrected chi connectivity index (χ1v) is 8.45. The number of nitrogens with two attached hydrogens (primary N) is 1. The largest absolute Gasteiger partial charge is 0.478 e. The number of aromatic nitrogens is 4. The number of H-pyrrole nitrogens is 1. The molecule has 0 amide bonds. The van der Waals surface area contributed by atoms with Gasteiger partial charge in [0.25, 0.3) is 0 Å². The first kappa shape index (κ1) is 17.7. The molecule has 0 atom stereocenters. The van der Waals surface area contributed by atoms with E-state index in [1.807, 2.05) is 6.20 Å². The highest BCUT2D eigenvalue weighted by atomic mass is 79.9. The Hall–Kier alpha value is -3.14. The summed E-state index contributed by atoms with van der Waals surface area (Å²) in [6.45, 7) is 0.640. The summed E-state index contributed by atoms with van der Waals surface area (Å²) < 4.78 is 0.712. The maximum Gasteiger partial charge on any atom is 0.335 e. The van der Waals surface area contributed by atoms with Crippen molar-refractivity contribution in [3.63, 3.8) is 0 Å². The quantitative estimate of drug-likeness (QED) is 0.369. The molecule has 2 heterocycles. The van der Waals surface area contributed by atoms with Crippen molar-refractivity contribution in [1.82, 2.24) is 19.9 Å². The van der Waals surface area contributed by atoms with E-state index in [2.05, 4.69) is 46.5 Å². The van der Waals surface area contributed by atoms with Crippen LogP contribution < -0.4 is 16.4 Å². The molecule has 0 aliphatic heterocycles. The minimum atomic E-state index is -1.06. The molecule has 26 heavy (non-hydrogen) atoms. The fourth-order valence-corrected chi connectivity index (χ4v) is 2.60. The first-order valence-electron chi connectivity index (χ1n) is 7.66. The van der Waals surface area contributed by atoms with Gasteiger partial charge in [-0.1, -0.05) is 0 Å². The Balaban J connectivity index is 1.71. The van der Waals surface area contributed by atoms with Crippen LogP contribution in [0.3, 0.4) is 0 Å². The lowest BCUT2D eigenvalue weighted by atomic mass is 10.2. The van der Waals surface area contributed by atoms with E-state index in [1.165, 1.54) is 12.1 Å². The number of nitrogens with zero attached hydrogens (tertiary/aromatic N) is 3. The molecular formula is C16H16BrN7O2. The van der Waals surface area contributed by atoms with E-state index in [1.54, 1.807) is 18.6 Å². The Labute approximate surface area is 157 Å². The second-order valence-corrected chi connectivity index (χ2v) is 6.26. The molecule has 0 unspecified atom stereocenters. The van der Waals surface area contributed by atoms with E-state index in [0.717, 1.165) is 12.1 Å². The molecule has 134 valence electrons. The van der Waals surface area contributed by atoms with E-state index in [4.69, 9.17) is 10.8 Å². The standard InChI is InChI=1S/C16H16BrN7O2/c17-13-7-21-16(23-12-4-9(15(25)26)3-10(18)5-12)24-14(13)20-2-1-11-6-19-8-22-11/h3-8H,1-2,18H2,(H,19,22)(H,25,26)(H2,20,21,23,24). The molecule has 6 N–H and O–H groups in total. The lowest BCUT2D eigenvalue weighted by molar-refractivity contribution is 0.0697. The highest BCUT2D eigenvalue weighted by Crippen LogP contribution is 2.23. The summed E-state index contributed by atoms with van der Waals surface area (Å²) in [5.41, 5.74) is 7.60. The average molecular weight is 418 g/mol. The van der Waals surface area contributed by atoms with Crippen LogP contribution in [0.15, 0.2) is 41.4 Å². The summed E-state index contributed by atoms with van der Waals surface area (Å²) in [5, 5.41) is 15.3. The molecule has 3 aromatic rings. The fraction of sp³-hybridized carbons (Fsp3) is 0.125. The minimum Gasteiger partial charge on any atom is -0.478 e. The van der Waals surface area contributed by atoms with Gasteiger partial charge in [-0.25, -0.2) is 14.8 Å². The third-order valence-corrected chi connectivity index (χ3v) is 4.01. The molecule has 3 rings (SSSR count). The molecule has 2 aromatic heterocycles. The van der Waals surface area contributed by atoms with Gasteiger partial charge in [-0.3, -0.25) is 0 Å². The number of benzene rings is 1. The van der Waals surface area contributed by atoms with Crippen LogP contribution in [0.25, 0.3) is 0 Å². The smallest absolute Gasteiger partial charge is 0.335 e. The van der Waals surface area contributed by atoms with Gasteiger partial charge in [-0.15, -0.1) is 0 Å². The number of nitrogens with one attached hydrogen (secondary N) is 3. The van der Waals surface area contributed by atoms with E-state index in [-0.39, 0.29) is 5.56 Å². The molecule has 0 aliphatic rings. The zero-order chi connectivity index (χ0) is 18.5. The maximum atomic E-state index is 11.1. The number of rotatable bonds is 7. The first-order chi connectivity index (χ1) is 12.5. The van der Waals surface area contributed by atoms with E-state index >= 15 is 0 Å². The topological polar surface area (TPSA) is 142 Å². The monoisotopic (exact) mass is 417 g/mol. The number of hydrogen-bond donors (Lipinski definition) is 5. The molecule has 10 heteroatoms. The Morgan fingerprint density at radius 2 is 2.15 bits per heavy atom. The van der Waals surface area contributed by atoms with Crippen molar-refractivity contribution in [2.24, 2.45) is 0 Å². The second-order valence-electron chi connectivity index (χ2n) is 5.40. The van der Waals surface area contributed by atoms with Crippen LogP contribution in [0, 0.1) is 0 Å². The van der Waals surface area contributed by atoms with E-state index in [9.17, 15) is 4.79 Å². The fourth-order valence-electron chi connectivity index (χ4n) is 2.26. The number of imidazole rings is 1. The SMILES string of the molecule is Nc1cc(Nc2ncc(Br)c(NCCc3c[nH]cn3)n2)cc(C(=O)O)c1. The summed E-state index contributed by atoms with van der Waals surface area (Å²) >= 11 is 3.40. The van der Waals surface area contributed by atoms with Crippen molar-refractivity contribution in [3.8, 4) is 0 Å². The van der Waals surface area contributed by atoms with Crippen molar-refractivity contribution in [2.75, 3.05) is 22.9 Å². The van der Waals surface area contributed by atoms with Crippen LogP contribution in [-0.2, 0) is 6.42 Å². The van der Waals surface area contributed by atoms with Gasteiger partial charge in [0.2, 0.25) is 5.95 Å². The van der Waals surface area contributed by atoms with E-state index in [0.29, 0.717) is 34.2 Å². The van der Waals surface area contributed by atoms with Gasteiger partial charge in [0.15, 0.2) is 0 Å². The molecule has 0 fully saturated rings. The molecule has 1 aromatic carbocycles. The van der Waals surface area contributed by atoms with Crippen molar-refractivity contribution in [1.29, 1.82) is 0 Å². The summed E-state index contributed by atoms with van der Waals surface area (Å²) in [6.07, 6.45) is 5.81. The zero-order valence-corrected chi connectivity index (χ0v) is 15.1. The lowest BCUT2D eigenvalue weighted by Gasteiger charge is -2.11. The molecule has 0 bridgehead atoms. The number of hydrogen-bond acceptors (Lipinski definition) is 7. The van der Waals surface area contributed by atoms with E-state index < -0.39 is 5.97 Å². The van der Waals surface area contributed by atoms with Crippen molar-refractivity contribution < 1.29 is 9.90 Å². The Bertz CT molecular complexity index is 915. The van der Waals surface area contributed by atoms with Gasteiger partial charge in [0.05, 0.1) is 22.1 Å². The van der Waals surface area contributed by atoms with Crippen LogP contribution in [0.4, 0.5) is 23.1 Å². The average Bonchev–Trinajstić information content (AvgIpc) is 3.10.